The summed E-state index contributed by atoms with van der Waals surface area (Å²) >= 11 is 0. The van der Waals surface area contributed by atoms with Gasteiger partial charge in [0.25, 0.3) is 0 Å². The van der Waals surface area contributed by atoms with Gasteiger partial charge in [0.15, 0.2) is 0 Å². The van der Waals surface area contributed by atoms with Crippen LogP contribution in [0.4, 0.5) is 0 Å². The van der Waals surface area contributed by atoms with E-state index < -0.39 is 5.97 Å². The molecule has 0 saturated heterocycles. The predicted molar refractivity (Wildman–Crippen MR) is 54.0 cm³/mol. The van der Waals surface area contributed by atoms with Gasteiger partial charge < -0.3 is 10.4 Å². The zero-order valence-corrected chi connectivity index (χ0v) is 9.09. The molecule has 0 bridgehead atoms. The Bertz CT molecular complexity index is 211. The fourth-order valence-corrected chi connectivity index (χ4v) is 1.21. The summed E-state index contributed by atoms with van der Waals surface area (Å²) in [6.07, 6.45) is 1.89. The van der Waals surface area contributed by atoms with Gasteiger partial charge in [-0.2, -0.15) is 0 Å². The molecule has 0 rings (SSSR count). The van der Waals surface area contributed by atoms with Crippen LogP contribution in [0.25, 0.3) is 0 Å². The molecule has 0 heterocycles. The van der Waals surface area contributed by atoms with Gasteiger partial charge in [-0.3, -0.25) is 9.59 Å². The number of amides is 1. The third kappa shape index (κ3) is 6.46. The predicted octanol–water partition coefficient (Wildman–Crippen LogP) is 1.55. The fraction of sp³-hybridized carbons (Fsp3) is 0.800. The topological polar surface area (TPSA) is 66.4 Å². The van der Waals surface area contributed by atoms with Crippen molar-refractivity contribution in [2.75, 3.05) is 0 Å². The van der Waals surface area contributed by atoms with Gasteiger partial charge in [0.1, 0.15) is 0 Å². The molecule has 0 saturated carbocycles. The van der Waals surface area contributed by atoms with E-state index in [0.717, 1.165) is 0 Å². The number of carboxylic acid groups (broad SMARTS) is 1. The van der Waals surface area contributed by atoms with Crippen molar-refractivity contribution in [3.63, 3.8) is 0 Å². The number of aliphatic carboxylic acids is 1. The van der Waals surface area contributed by atoms with Gasteiger partial charge in [-0.05, 0) is 26.7 Å². The van der Waals surface area contributed by atoms with Crippen LogP contribution >= 0.6 is 0 Å². The number of carboxylic acids is 1. The average molecular weight is 201 g/mol. The normalized spacial score (nSPS) is 11.1. The maximum atomic E-state index is 11.1. The molecular formula is C10H19NO3. The molecular weight excluding hydrogens is 182 g/mol. The lowest BCUT2D eigenvalue weighted by Crippen LogP contribution is -2.43. The smallest absolute Gasteiger partial charge is 0.303 e. The first-order valence-corrected chi connectivity index (χ1v) is 4.90. The molecule has 0 aliphatic heterocycles. The minimum Gasteiger partial charge on any atom is -0.481 e. The summed E-state index contributed by atoms with van der Waals surface area (Å²) in [5, 5.41) is 11.3. The molecule has 4 nitrogen and oxygen atoms in total. The number of rotatable bonds is 6. The third-order valence-corrected chi connectivity index (χ3v) is 1.99. The van der Waals surface area contributed by atoms with E-state index in [-0.39, 0.29) is 17.9 Å². The van der Waals surface area contributed by atoms with Gasteiger partial charge in [0.05, 0.1) is 0 Å². The third-order valence-electron chi connectivity index (χ3n) is 1.99. The van der Waals surface area contributed by atoms with Crippen molar-refractivity contribution in [2.24, 2.45) is 0 Å². The second-order valence-electron chi connectivity index (χ2n) is 4.03. The maximum absolute atomic E-state index is 11.1. The number of carbonyl (C=O) groups is 2. The van der Waals surface area contributed by atoms with E-state index in [2.05, 4.69) is 5.32 Å². The minimum atomic E-state index is -0.789. The van der Waals surface area contributed by atoms with Crippen molar-refractivity contribution in [3.8, 4) is 0 Å². The molecule has 0 fully saturated rings. The van der Waals surface area contributed by atoms with Gasteiger partial charge in [-0.15, -0.1) is 0 Å². The summed E-state index contributed by atoms with van der Waals surface area (Å²) in [6, 6.07) is 0. The summed E-state index contributed by atoms with van der Waals surface area (Å²) in [5.41, 5.74) is -0.303. The van der Waals surface area contributed by atoms with E-state index in [1.54, 1.807) is 6.92 Å². The monoisotopic (exact) mass is 201 g/mol. The van der Waals surface area contributed by atoms with Crippen molar-refractivity contribution < 1.29 is 14.7 Å². The maximum Gasteiger partial charge on any atom is 0.303 e. The van der Waals surface area contributed by atoms with Crippen molar-refractivity contribution in [1.82, 2.24) is 5.32 Å². The molecule has 0 aromatic carbocycles. The highest BCUT2D eigenvalue weighted by molar-refractivity contribution is 5.76. The Morgan fingerprint density at radius 2 is 1.93 bits per heavy atom. The number of carbonyl (C=O) groups excluding carboxylic acids is 1. The lowest BCUT2D eigenvalue weighted by atomic mass is 9.97. The largest absolute Gasteiger partial charge is 0.481 e. The Morgan fingerprint density at radius 3 is 2.36 bits per heavy atom. The highest BCUT2D eigenvalue weighted by Gasteiger charge is 2.19. The fourth-order valence-electron chi connectivity index (χ4n) is 1.21. The molecule has 82 valence electrons. The van der Waals surface area contributed by atoms with Crippen LogP contribution in [0.1, 0.15) is 46.5 Å². The highest BCUT2D eigenvalue weighted by atomic mass is 16.4. The molecule has 0 aliphatic carbocycles. The first-order chi connectivity index (χ1) is 6.37. The van der Waals surface area contributed by atoms with Gasteiger partial charge in [-0.1, -0.05) is 6.92 Å². The summed E-state index contributed by atoms with van der Waals surface area (Å²) in [6.45, 7) is 5.60. The van der Waals surface area contributed by atoms with Crippen molar-refractivity contribution in [2.45, 2.75) is 52.0 Å². The Morgan fingerprint density at radius 1 is 1.36 bits per heavy atom. The van der Waals surface area contributed by atoms with E-state index in [9.17, 15) is 9.59 Å². The van der Waals surface area contributed by atoms with Crippen LogP contribution in [-0.2, 0) is 9.59 Å². The molecule has 1 amide bonds. The van der Waals surface area contributed by atoms with Gasteiger partial charge in [-0.25, -0.2) is 0 Å². The van der Waals surface area contributed by atoms with Crippen LogP contribution < -0.4 is 5.32 Å². The van der Waals surface area contributed by atoms with Gasteiger partial charge in [0.2, 0.25) is 5.91 Å². The summed E-state index contributed by atoms with van der Waals surface area (Å²) < 4.78 is 0. The molecule has 0 aromatic rings. The Balaban J connectivity index is 3.82. The zero-order valence-electron chi connectivity index (χ0n) is 9.09. The quantitative estimate of drug-likeness (QED) is 0.685. The van der Waals surface area contributed by atoms with Crippen LogP contribution in [0, 0.1) is 0 Å². The number of hydrogen-bond donors (Lipinski definition) is 2. The van der Waals surface area contributed by atoms with Gasteiger partial charge in [0, 0.05) is 18.4 Å². The van der Waals surface area contributed by atoms with Crippen LogP contribution in [0.2, 0.25) is 0 Å². The van der Waals surface area contributed by atoms with Crippen LogP contribution in [0.5, 0.6) is 0 Å². The summed E-state index contributed by atoms with van der Waals surface area (Å²) in [7, 11) is 0. The summed E-state index contributed by atoms with van der Waals surface area (Å²) in [5.74, 6) is -0.784. The van der Waals surface area contributed by atoms with E-state index in [1.807, 2.05) is 13.8 Å². The second kappa shape index (κ2) is 5.62. The molecule has 0 radical (unpaired) electrons. The van der Waals surface area contributed by atoms with Crippen LogP contribution in [0.3, 0.4) is 0 Å². The Kier molecular flexibility index (Phi) is 5.20. The standard InChI is InChI=1S/C10H19NO3/c1-4-8(12)11-10(2,3)7-5-6-9(13)14/h4-7H2,1-3H3,(H,11,12)(H,13,14). The molecule has 0 spiro atoms. The molecule has 0 unspecified atom stereocenters. The Labute approximate surface area is 84.7 Å². The first kappa shape index (κ1) is 12.9. The molecule has 2 N–H and O–H groups in total. The van der Waals surface area contributed by atoms with Gasteiger partial charge >= 0.3 is 5.97 Å². The van der Waals surface area contributed by atoms with Crippen molar-refractivity contribution in [3.05, 3.63) is 0 Å². The number of hydrogen-bond acceptors (Lipinski definition) is 2. The zero-order chi connectivity index (χ0) is 11.2. The first-order valence-electron chi connectivity index (χ1n) is 4.90. The average Bonchev–Trinajstić information content (AvgIpc) is 2.02. The molecule has 0 aliphatic rings. The van der Waals surface area contributed by atoms with Crippen LogP contribution in [0.15, 0.2) is 0 Å². The lowest BCUT2D eigenvalue weighted by Gasteiger charge is -2.25. The molecule has 4 heteroatoms. The minimum absolute atomic E-state index is 0.00493. The highest BCUT2D eigenvalue weighted by Crippen LogP contribution is 2.12. The van der Waals surface area contributed by atoms with Crippen molar-refractivity contribution in [1.29, 1.82) is 0 Å². The van der Waals surface area contributed by atoms with E-state index in [0.29, 0.717) is 19.3 Å². The lowest BCUT2D eigenvalue weighted by molar-refractivity contribution is -0.137. The van der Waals surface area contributed by atoms with Crippen LogP contribution in [-0.4, -0.2) is 22.5 Å². The second-order valence-corrected chi connectivity index (χ2v) is 4.03. The number of nitrogens with one attached hydrogen (secondary N) is 1. The van der Waals surface area contributed by atoms with E-state index in [1.165, 1.54) is 0 Å². The molecule has 0 atom stereocenters. The molecule has 0 aromatic heterocycles. The molecule has 14 heavy (non-hydrogen) atoms. The Hall–Kier alpha value is -1.06. The SMILES string of the molecule is CCC(=O)NC(C)(C)CCCC(=O)O. The van der Waals surface area contributed by atoms with Crippen molar-refractivity contribution >= 4 is 11.9 Å². The van der Waals surface area contributed by atoms with E-state index >= 15 is 0 Å². The van der Waals surface area contributed by atoms with E-state index in [4.69, 9.17) is 5.11 Å². The summed E-state index contributed by atoms with van der Waals surface area (Å²) in [4.78, 5) is 21.4.